The van der Waals surface area contributed by atoms with Gasteiger partial charge in [-0.15, -0.1) is 0 Å². The fourth-order valence-corrected chi connectivity index (χ4v) is 10.2. The molecular weight excluding hydrogens is 863 g/mol. The Morgan fingerprint density at radius 1 is 0.386 bits per heavy atom. The second kappa shape index (κ2) is 60.2. The lowest BCUT2D eigenvalue weighted by molar-refractivity contribution is -0.143. The van der Waals surface area contributed by atoms with Crippen molar-refractivity contribution in [2.45, 2.75) is 373 Å². The highest BCUT2D eigenvalue weighted by atomic mass is 16.5. The summed E-state index contributed by atoms with van der Waals surface area (Å²) in [5.74, 6) is -0.0505. The molecule has 6 nitrogen and oxygen atoms in total. The monoisotopic (exact) mass is 988 g/mol. The summed E-state index contributed by atoms with van der Waals surface area (Å²) in [7, 11) is 0. The van der Waals surface area contributed by atoms with Gasteiger partial charge in [0.25, 0.3) is 0 Å². The summed E-state index contributed by atoms with van der Waals surface area (Å²) in [6.07, 6.45) is 72.2. The van der Waals surface area contributed by atoms with E-state index in [1.807, 2.05) is 0 Å². The number of hydrogen-bond acceptors (Lipinski definition) is 5. The van der Waals surface area contributed by atoms with Crippen LogP contribution in [0, 0.1) is 0 Å². The van der Waals surface area contributed by atoms with Crippen LogP contribution in [0.2, 0.25) is 0 Å². The van der Waals surface area contributed by atoms with Gasteiger partial charge in [-0.25, -0.2) is 0 Å². The Bertz CT molecular complexity index is 1050. The van der Waals surface area contributed by atoms with Crippen molar-refractivity contribution in [3.63, 3.8) is 0 Å². The van der Waals surface area contributed by atoms with E-state index in [-0.39, 0.29) is 18.5 Å². The molecule has 0 spiro atoms. The first-order chi connectivity index (χ1) is 34.5. The molecule has 0 aromatic rings. The van der Waals surface area contributed by atoms with Crippen LogP contribution in [-0.2, 0) is 14.3 Å². The van der Waals surface area contributed by atoms with Crippen molar-refractivity contribution in [1.29, 1.82) is 0 Å². The Kier molecular flexibility index (Phi) is 59.0. The number of amides is 1. The molecule has 0 radical (unpaired) electrons. The zero-order chi connectivity index (χ0) is 50.7. The Balaban J connectivity index is 3.43. The molecule has 0 heterocycles. The molecule has 0 aromatic carbocycles. The average Bonchev–Trinajstić information content (AvgIpc) is 3.36. The molecule has 1 amide bonds. The zero-order valence-electron chi connectivity index (χ0n) is 47.5. The number of unbranched alkanes of at least 4 members (excludes halogenated alkanes) is 47. The molecule has 0 rings (SSSR count). The molecule has 0 saturated carbocycles. The highest BCUT2D eigenvalue weighted by molar-refractivity contribution is 5.76. The molecule has 0 aliphatic heterocycles. The third-order valence-corrected chi connectivity index (χ3v) is 15.1. The largest absolute Gasteiger partial charge is 0.466 e. The van der Waals surface area contributed by atoms with E-state index in [1.165, 1.54) is 276 Å². The lowest BCUT2D eigenvalue weighted by Crippen LogP contribution is -2.45. The van der Waals surface area contributed by atoms with Gasteiger partial charge in [-0.1, -0.05) is 309 Å². The number of aliphatic hydroxyl groups is 2. The quantitative estimate of drug-likeness (QED) is 0.0321. The minimum Gasteiger partial charge on any atom is -0.466 e. The van der Waals surface area contributed by atoms with Crippen LogP contribution >= 0.6 is 0 Å². The van der Waals surface area contributed by atoms with E-state index in [4.69, 9.17) is 4.74 Å². The summed E-state index contributed by atoms with van der Waals surface area (Å²) in [6.45, 7) is 4.96. The lowest BCUT2D eigenvalue weighted by Gasteiger charge is -2.22. The highest BCUT2D eigenvalue weighted by Crippen LogP contribution is 2.18. The van der Waals surface area contributed by atoms with Crippen LogP contribution in [0.15, 0.2) is 12.2 Å². The van der Waals surface area contributed by atoms with Gasteiger partial charge < -0.3 is 20.3 Å². The molecule has 2 unspecified atom stereocenters. The van der Waals surface area contributed by atoms with Crippen molar-refractivity contribution in [2.75, 3.05) is 13.2 Å². The molecule has 0 aliphatic rings. The predicted octanol–water partition coefficient (Wildman–Crippen LogP) is 20.0. The number of hydrogen-bond donors (Lipinski definition) is 3. The van der Waals surface area contributed by atoms with Crippen molar-refractivity contribution >= 4 is 11.9 Å². The number of rotatable bonds is 60. The summed E-state index contributed by atoms with van der Waals surface area (Å²) in [6, 6.07) is -0.552. The standard InChI is InChI=1S/C64H125NO5/c1-3-5-7-9-11-13-15-17-19-21-23-24-25-26-27-29-32-36-40-44-48-52-56-62(67)61(60-66)65-63(68)57-53-49-45-41-37-33-31-35-39-43-47-51-55-59-70-64(69)58-54-50-46-42-38-34-30-28-22-20-18-16-14-12-10-8-6-4-2/h20,22,61-62,66-67H,3-19,21,23-60H2,1-2H3,(H,65,68)/b22-20-. The second-order valence-corrected chi connectivity index (χ2v) is 22.1. The Morgan fingerprint density at radius 3 is 1.01 bits per heavy atom. The van der Waals surface area contributed by atoms with Crippen LogP contribution in [0.4, 0.5) is 0 Å². The van der Waals surface area contributed by atoms with Crippen molar-refractivity contribution in [1.82, 2.24) is 5.32 Å². The minimum atomic E-state index is -0.674. The number of allylic oxidation sites excluding steroid dienone is 2. The average molecular weight is 989 g/mol. The van der Waals surface area contributed by atoms with Crippen molar-refractivity contribution < 1.29 is 24.5 Å². The molecule has 0 fully saturated rings. The third kappa shape index (κ3) is 55.9. The van der Waals surface area contributed by atoms with Crippen LogP contribution in [0.25, 0.3) is 0 Å². The van der Waals surface area contributed by atoms with Crippen LogP contribution in [0.5, 0.6) is 0 Å². The maximum Gasteiger partial charge on any atom is 0.305 e. The SMILES string of the molecule is CCCCCCCCC/C=C\CCCCCCCCCC(=O)OCCCCCCCCCCCCCCCC(=O)NC(CO)C(O)CCCCCCCCCCCCCCCCCCCCCCCC. The van der Waals surface area contributed by atoms with Crippen LogP contribution in [-0.4, -0.2) is 47.4 Å². The van der Waals surface area contributed by atoms with E-state index in [0.717, 1.165) is 51.4 Å². The maximum atomic E-state index is 12.5. The predicted molar refractivity (Wildman–Crippen MR) is 306 cm³/mol. The molecule has 0 bridgehead atoms. The maximum absolute atomic E-state index is 12.5. The Hall–Kier alpha value is -1.40. The van der Waals surface area contributed by atoms with Crippen molar-refractivity contribution in [3.8, 4) is 0 Å². The van der Waals surface area contributed by atoms with Gasteiger partial charge in [-0.3, -0.25) is 9.59 Å². The molecule has 416 valence electrons. The number of carbonyl (C=O) groups excluding carboxylic acids is 2. The molecule has 3 N–H and O–H groups in total. The summed E-state index contributed by atoms with van der Waals surface area (Å²) in [5, 5.41) is 23.4. The van der Waals surface area contributed by atoms with Crippen molar-refractivity contribution in [2.24, 2.45) is 0 Å². The van der Waals surface area contributed by atoms with Gasteiger partial charge >= 0.3 is 5.97 Å². The van der Waals surface area contributed by atoms with Crippen LogP contribution in [0.1, 0.15) is 361 Å². The number of carbonyl (C=O) groups is 2. The number of esters is 1. The van der Waals surface area contributed by atoms with E-state index in [0.29, 0.717) is 25.9 Å². The van der Waals surface area contributed by atoms with Gasteiger partial charge in [0.2, 0.25) is 5.91 Å². The molecule has 0 aromatic heterocycles. The van der Waals surface area contributed by atoms with Crippen LogP contribution in [0.3, 0.4) is 0 Å². The van der Waals surface area contributed by atoms with Gasteiger partial charge in [0, 0.05) is 12.8 Å². The van der Waals surface area contributed by atoms with Gasteiger partial charge in [0.1, 0.15) is 0 Å². The fourth-order valence-electron chi connectivity index (χ4n) is 10.2. The molecule has 2 atom stereocenters. The topological polar surface area (TPSA) is 95.9 Å². The number of ether oxygens (including phenoxy) is 1. The summed E-state index contributed by atoms with van der Waals surface area (Å²) >= 11 is 0. The molecule has 6 heteroatoms. The summed E-state index contributed by atoms with van der Waals surface area (Å²) < 4.78 is 5.49. The summed E-state index contributed by atoms with van der Waals surface area (Å²) in [5.41, 5.74) is 0. The molecule has 70 heavy (non-hydrogen) atoms. The van der Waals surface area contributed by atoms with E-state index in [1.54, 1.807) is 0 Å². The first kappa shape index (κ1) is 68.6. The van der Waals surface area contributed by atoms with Gasteiger partial charge in [-0.05, 0) is 51.4 Å². The fraction of sp³-hybridized carbons (Fsp3) is 0.938. The van der Waals surface area contributed by atoms with E-state index < -0.39 is 12.1 Å². The summed E-state index contributed by atoms with van der Waals surface area (Å²) in [4.78, 5) is 24.6. The van der Waals surface area contributed by atoms with E-state index in [2.05, 4.69) is 31.3 Å². The van der Waals surface area contributed by atoms with Gasteiger partial charge in [-0.2, -0.15) is 0 Å². The minimum absolute atomic E-state index is 0.00688. The molecule has 0 saturated heterocycles. The first-order valence-electron chi connectivity index (χ1n) is 31.9. The van der Waals surface area contributed by atoms with Gasteiger partial charge in [0.05, 0.1) is 25.4 Å². The van der Waals surface area contributed by atoms with Crippen molar-refractivity contribution in [3.05, 3.63) is 12.2 Å². The van der Waals surface area contributed by atoms with Gasteiger partial charge in [0.15, 0.2) is 0 Å². The zero-order valence-corrected chi connectivity index (χ0v) is 47.5. The van der Waals surface area contributed by atoms with E-state index >= 15 is 0 Å². The number of aliphatic hydroxyl groups excluding tert-OH is 2. The first-order valence-corrected chi connectivity index (χ1v) is 31.9. The molecule has 0 aliphatic carbocycles. The van der Waals surface area contributed by atoms with E-state index in [9.17, 15) is 19.8 Å². The lowest BCUT2D eigenvalue weighted by atomic mass is 10.0. The smallest absolute Gasteiger partial charge is 0.305 e. The highest BCUT2D eigenvalue weighted by Gasteiger charge is 2.20. The Morgan fingerprint density at radius 2 is 0.671 bits per heavy atom. The molecular formula is C64H125NO5. The normalized spacial score (nSPS) is 12.6. The Labute approximate surface area is 438 Å². The number of nitrogens with one attached hydrogen (secondary N) is 1. The second-order valence-electron chi connectivity index (χ2n) is 22.1. The third-order valence-electron chi connectivity index (χ3n) is 15.1. The van der Waals surface area contributed by atoms with Crippen LogP contribution < -0.4 is 5.32 Å².